The van der Waals surface area contributed by atoms with Crippen LogP contribution in [0.4, 0.5) is 5.95 Å². The third-order valence-electron chi connectivity index (χ3n) is 2.42. The van der Waals surface area contributed by atoms with Crippen molar-refractivity contribution < 1.29 is 5.11 Å². The Balaban J connectivity index is 2.28. The number of likely N-dealkylation sites (N-methyl/N-ethyl adjacent to an activating group) is 1. The predicted molar refractivity (Wildman–Crippen MR) is 68.7 cm³/mol. The first-order valence-electron chi connectivity index (χ1n) is 5.75. The quantitative estimate of drug-likeness (QED) is 0.868. The third kappa shape index (κ3) is 2.84. The van der Waals surface area contributed by atoms with Gasteiger partial charge in [-0.25, -0.2) is 0 Å². The molecule has 0 aliphatic carbocycles. The molecule has 6 nitrogen and oxygen atoms in total. The molecule has 1 aromatic carbocycles. The highest BCUT2D eigenvalue weighted by atomic mass is 16.3. The Hall–Kier alpha value is -1.95. The predicted octanol–water partition coefficient (Wildman–Crippen LogP) is 0.869. The zero-order chi connectivity index (χ0) is 13.2. The van der Waals surface area contributed by atoms with Gasteiger partial charge in [-0.05, 0) is 36.4 Å². The average Bonchev–Trinajstić information content (AvgIpc) is 2.76. The van der Waals surface area contributed by atoms with Crippen LogP contribution in [0.25, 0.3) is 5.69 Å². The molecule has 0 spiro atoms. The van der Waals surface area contributed by atoms with E-state index in [0.717, 1.165) is 5.69 Å². The van der Waals surface area contributed by atoms with E-state index in [1.807, 2.05) is 42.3 Å². The van der Waals surface area contributed by atoms with E-state index in [0.29, 0.717) is 12.5 Å². The molecule has 0 fully saturated rings. The Morgan fingerprint density at radius 2 is 1.94 bits per heavy atom. The molecule has 0 amide bonds. The van der Waals surface area contributed by atoms with E-state index < -0.39 is 5.60 Å². The Bertz CT molecular complexity index is 503. The number of aliphatic hydroxyl groups is 1. The van der Waals surface area contributed by atoms with E-state index in [2.05, 4.69) is 15.5 Å². The van der Waals surface area contributed by atoms with Gasteiger partial charge in [0.25, 0.3) is 0 Å². The van der Waals surface area contributed by atoms with Gasteiger partial charge in [0.1, 0.15) is 0 Å². The fourth-order valence-corrected chi connectivity index (χ4v) is 1.81. The van der Waals surface area contributed by atoms with Gasteiger partial charge in [-0.1, -0.05) is 23.3 Å². The van der Waals surface area contributed by atoms with Crippen molar-refractivity contribution in [2.24, 2.45) is 0 Å². The Morgan fingerprint density at radius 1 is 1.28 bits per heavy atom. The zero-order valence-electron chi connectivity index (χ0n) is 10.8. The van der Waals surface area contributed by atoms with Gasteiger partial charge >= 0.3 is 0 Å². The van der Waals surface area contributed by atoms with Gasteiger partial charge in [0.15, 0.2) is 0 Å². The molecule has 2 rings (SSSR count). The van der Waals surface area contributed by atoms with Crippen molar-refractivity contribution in [1.82, 2.24) is 20.2 Å². The summed E-state index contributed by atoms with van der Waals surface area (Å²) >= 11 is 0. The van der Waals surface area contributed by atoms with Crippen LogP contribution in [0.2, 0.25) is 0 Å². The largest absolute Gasteiger partial charge is 0.389 e. The number of hydrogen-bond acceptors (Lipinski definition) is 5. The summed E-state index contributed by atoms with van der Waals surface area (Å²) in [6.45, 7) is 3.94. The molecule has 1 heterocycles. The maximum atomic E-state index is 9.83. The molecule has 0 atom stereocenters. The maximum Gasteiger partial charge on any atom is 0.250 e. The second kappa shape index (κ2) is 4.73. The number of anilines is 1. The molecule has 1 N–H and O–H groups in total. The Morgan fingerprint density at radius 3 is 2.56 bits per heavy atom. The number of aromatic nitrogens is 4. The van der Waals surface area contributed by atoms with Crippen LogP contribution in [-0.4, -0.2) is 44.5 Å². The lowest BCUT2D eigenvalue weighted by atomic mass is 10.1. The van der Waals surface area contributed by atoms with E-state index in [9.17, 15) is 5.11 Å². The molecule has 0 aliphatic rings. The molecule has 0 saturated carbocycles. The van der Waals surface area contributed by atoms with Crippen molar-refractivity contribution in [1.29, 1.82) is 0 Å². The normalized spacial score (nSPS) is 11.6. The Kier molecular flexibility index (Phi) is 3.29. The number of nitrogens with zero attached hydrogens (tertiary/aromatic N) is 5. The molecule has 0 unspecified atom stereocenters. The fourth-order valence-electron chi connectivity index (χ4n) is 1.81. The summed E-state index contributed by atoms with van der Waals surface area (Å²) in [4.78, 5) is 1.83. The van der Waals surface area contributed by atoms with Crippen LogP contribution in [-0.2, 0) is 0 Å². The summed E-state index contributed by atoms with van der Waals surface area (Å²) in [6, 6.07) is 9.65. The Labute approximate surface area is 106 Å². The smallest absolute Gasteiger partial charge is 0.250 e. The van der Waals surface area contributed by atoms with Crippen molar-refractivity contribution in [3.05, 3.63) is 30.3 Å². The molecular weight excluding hydrogens is 230 g/mol. The minimum absolute atomic E-state index is 0.445. The number of para-hydroxylation sites is 1. The minimum Gasteiger partial charge on any atom is -0.389 e. The highest BCUT2D eigenvalue weighted by Gasteiger charge is 2.20. The number of rotatable bonds is 4. The first-order chi connectivity index (χ1) is 8.47. The highest BCUT2D eigenvalue weighted by Crippen LogP contribution is 2.15. The molecule has 0 bridgehead atoms. The van der Waals surface area contributed by atoms with Crippen LogP contribution in [0, 0.1) is 0 Å². The van der Waals surface area contributed by atoms with E-state index in [-0.39, 0.29) is 0 Å². The van der Waals surface area contributed by atoms with E-state index in [1.54, 1.807) is 18.5 Å². The number of hydrogen-bond donors (Lipinski definition) is 1. The molecule has 1 aromatic heterocycles. The van der Waals surface area contributed by atoms with Crippen LogP contribution in [0.1, 0.15) is 13.8 Å². The van der Waals surface area contributed by atoms with Crippen LogP contribution in [0.3, 0.4) is 0 Å². The molecule has 96 valence electrons. The molecule has 18 heavy (non-hydrogen) atoms. The molecule has 0 saturated heterocycles. The summed E-state index contributed by atoms with van der Waals surface area (Å²) in [5, 5.41) is 21.5. The van der Waals surface area contributed by atoms with Crippen LogP contribution < -0.4 is 4.90 Å². The molecule has 6 heteroatoms. The SMILES string of the molecule is CN(CC(C)(C)O)c1nnnn1-c1ccccc1. The van der Waals surface area contributed by atoms with Gasteiger partial charge in [0, 0.05) is 13.6 Å². The zero-order valence-corrected chi connectivity index (χ0v) is 10.8. The first-order valence-corrected chi connectivity index (χ1v) is 5.75. The van der Waals surface area contributed by atoms with Gasteiger partial charge in [-0.2, -0.15) is 4.68 Å². The van der Waals surface area contributed by atoms with Crippen LogP contribution >= 0.6 is 0 Å². The summed E-state index contributed by atoms with van der Waals surface area (Å²) in [5.41, 5.74) is 0.0856. The standard InChI is InChI=1S/C12H17N5O/c1-12(2,18)9-16(3)11-13-14-15-17(11)10-7-5-4-6-8-10/h4-8,18H,9H2,1-3H3. The lowest BCUT2D eigenvalue weighted by Crippen LogP contribution is -2.37. The van der Waals surface area contributed by atoms with Crippen LogP contribution in [0.15, 0.2) is 30.3 Å². The number of benzene rings is 1. The molecule has 2 aromatic rings. The summed E-state index contributed by atoms with van der Waals surface area (Å²) in [5.74, 6) is 0.600. The van der Waals surface area contributed by atoms with Crippen molar-refractivity contribution in [2.45, 2.75) is 19.4 Å². The third-order valence-corrected chi connectivity index (χ3v) is 2.42. The van der Waals surface area contributed by atoms with Crippen molar-refractivity contribution in [2.75, 3.05) is 18.5 Å². The summed E-state index contributed by atoms with van der Waals surface area (Å²) < 4.78 is 1.64. The van der Waals surface area contributed by atoms with Gasteiger partial charge in [-0.3, -0.25) is 0 Å². The van der Waals surface area contributed by atoms with Crippen molar-refractivity contribution in [3.8, 4) is 5.69 Å². The van der Waals surface area contributed by atoms with Gasteiger partial charge < -0.3 is 10.0 Å². The lowest BCUT2D eigenvalue weighted by molar-refractivity contribution is 0.0882. The second-order valence-electron chi connectivity index (χ2n) is 4.89. The average molecular weight is 247 g/mol. The topological polar surface area (TPSA) is 67.1 Å². The van der Waals surface area contributed by atoms with Crippen LogP contribution in [0.5, 0.6) is 0 Å². The van der Waals surface area contributed by atoms with Gasteiger partial charge in [0.2, 0.25) is 5.95 Å². The van der Waals surface area contributed by atoms with Crippen molar-refractivity contribution in [3.63, 3.8) is 0 Å². The summed E-state index contributed by atoms with van der Waals surface area (Å²) in [7, 11) is 1.85. The van der Waals surface area contributed by atoms with E-state index >= 15 is 0 Å². The monoisotopic (exact) mass is 247 g/mol. The van der Waals surface area contributed by atoms with E-state index in [1.165, 1.54) is 0 Å². The molecular formula is C12H17N5O. The maximum absolute atomic E-state index is 9.83. The lowest BCUT2D eigenvalue weighted by Gasteiger charge is -2.25. The van der Waals surface area contributed by atoms with Gasteiger partial charge in [0.05, 0.1) is 11.3 Å². The van der Waals surface area contributed by atoms with E-state index in [4.69, 9.17) is 0 Å². The first kappa shape index (κ1) is 12.5. The molecule has 0 radical (unpaired) electrons. The highest BCUT2D eigenvalue weighted by molar-refractivity contribution is 5.40. The van der Waals surface area contributed by atoms with Crippen molar-refractivity contribution >= 4 is 5.95 Å². The fraction of sp³-hybridized carbons (Fsp3) is 0.417. The second-order valence-corrected chi connectivity index (χ2v) is 4.89. The number of tetrazole rings is 1. The minimum atomic E-state index is -0.803. The summed E-state index contributed by atoms with van der Waals surface area (Å²) in [6.07, 6.45) is 0. The molecule has 0 aliphatic heterocycles. The van der Waals surface area contributed by atoms with Gasteiger partial charge in [-0.15, -0.1) is 0 Å².